The van der Waals surface area contributed by atoms with Crippen molar-refractivity contribution in [2.75, 3.05) is 0 Å². The molecule has 2 rings (SSSR count). The van der Waals surface area contributed by atoms with Crippen molar-refractivity contribution in [3.63, 3.8) is 0 Å². The van der Waals surface area contributed by atoms with Crippen molar-refractivity contribution >= 4 is 11.0 Å². The Morgan fingerprint density at radius 1 is 1.12 bits per heavy atom. The SMILES string of the molecule is CC(C)c1cnc2c(C(C)C)cn(C)c2c1. The molecule has 2 nitrogen and oxygen atoms in total. The summed E-state index contributed by atoms with van der Waals surface area (Å²) in [6.07, 6.45) is 4.21. The zero-order valence-electron chi connectivity index (χ0n) is 10.8. The minimum atomic E-state index is 0.529. The molecule has 0 saturated heterocycles. The molecule has 0 N–H and O–H groups in total. The fourth-order valence-corrected chi connectivity index (χ4v) is 2.04. The second-order valence-electron chi connectivity index (χ2n) is 5.14. The predicted octanol–water partition coefficient (Wildman–Crippen LogP) is 3.82. The molecule has 0 amide bonds. The highest BCUT2D eigenvalue weighted by molar-refractivity contribution is 5.80. The average Bonchev–Trinajstić information content (AvgIpc) is 2.56. The molecule has 0 atom stereocenters. The van der Waals surface area contributed by atoms with Crippen molar-refractivity contribution in [3.8, 4) is 0 Å². The van der Waals surface area contributed by atoms with Crippen LogP contribution in [0.1, 0.15) is 50.7 Å². The number of fused-ring (bicyclic) bond motifs is 1. The minimum Gasteiger partial charge on any atom is -0.349 e. The Labute approximate surface area is 97.3 Å². The first-order chi connectivity index (χ1) is 7.50. The number of pyridine rings is 1. The van der Waals surface area contributed by atoms with Crippen molar-refractivity contribution in [1.82, 2.24) is 9.55 Å². The average molecular weight is 216 g/mol. The number of rotatable bonds is 2. The van der Waals surface area contributed by atoms with Crippen LogP contribution in [0.3, 0.4) is 0 Å². The molecule has 2 aromatic heterocycles. The van der Waals surface area contributed by atoms with Gasteiger partial charge in [-0.05, 0) is 29.0 Å². The number of hydrogen-bond donors (Lipinski definition) is 0. The first-order valence-electron chi connectivity index (χ1n) is 5.95. The molecule has 0 aliphatic carbocycles. The highest BCUT2D eigenvalue weighted by Crippen LogP contribution is 2.27. The predicted molar refractivity (Wildman–Crippen MR) is 68.9 cm³/mol. The number of aromatic nitrogens is 2. The first-order valence-corrected chi connectivity index (χ1v) is 5.95. The lowest BCUT2D eigenvalue weighted by atomic mass is 10.0. The van der Waals surface area contributed by atoms with Gasteiger partial charge in [0.2, 0.25) is 0 Å². The third-order valence-electron chi connectivity index (χ3n) is 3.16. The van der Waals surface area contributed by atoms with Crippen LogP contribution >= 0.6 is 0 Å². The maximum Gasteiger partial charge on any atom is 0.0915 e. The van der Waals surface area contributed by atoms with Gasteiger partial charge in [-0.15, -0.1) is 0 Å². The van der Waals surface area contributed by atoms with Crippen LogP contribution in [-0.4, -0.2) is 9.55 Å². The normalized spacial score (nSPS) is 11.9. The van der Waals surface area contributed by atoms with Gasteiger partial charge < -0.3 is 4.57 Å². The largest absolute Gasteiger partial charge is 0.349 e. The van der Waals surface area contributed by atoms with Gasteiger partial charge in [0.25, 0.3) is 0 Å². The fraction of sp³-hybridized carbons (Fsp3) is 0.500. The van der Waals surface area contributed by atoms with Crippen LogP contribution < -0.4 is 0 Å². The van der Waals surface area contributed by atoms with Crippen LogP contribution in [0.25, 0.3) is 11.0 Å². The third kappa shape index (κ3) is 1.73. The van der Waals surface area contributed by atoms with Crippen LogP contribution in [0, 0.1) is 0 Å². The Balaban J connectivity index is 2.67. The Morgan fingerprint density at radius 2 is 1.81 bits per heavy atom. The van der Waals surface area contributed by atoms with E-state index >= 15 is 0 Å². The number of hydrogen-bond acceptors (Lipinski definition) is 1. The molecular formula is C14H20N2. The number of aryl methyl sites for hydroxylation is 1. The maximum absolute atomic E-state index is 4.62. The lowest BCUT2D eigenvalue weighted by Crippen LogP contribution is -1.92. The van der Waals surface area contributed by atoms with Crippen LogP contribution in [0.2, 0.25) is 0 Å². The summed E-state index contributed by atoms with van der Waals surface area (Å²) in [5.74, 6) is 1.07. The van der Waals surface area contributed by atoms with E-state index < -0.39 is 0 Å². The summed E-state index contributed by atoms with van der Waals surface area (Å²) in [6, 6.07) is 2.26. The Hall–Kier alpha value is -1.31. The van der Waals surface area contributed by atoms with E-state index in [1.54, 1.807) is 0 Å². The van der Waals surface area contributed by atoms with Gasteiger partial charge in [-0.1, -0.05) is 27.7 Å². The summed E-state index contributed by atoms with van der Waals surface area (Å²) >= 11 is 0. The molecular weight excluding hydrogens is 196 g/mol. The maximum atomic E-state index is 4.62. The molecule has 0 bridgehead atoms. The molecule has 0 fully saturated rings. The van der Waals surface area contributed by atoms with E-state index in [0.29, 0.717) is 11.8 Å². The molecule has 2 aromatic rings. The molecule has 0 aliphatic heterocycles. The summed E-state index contributed by atoms with van der Waals surface area (Å²) in [7, 11) is 2.10. The van der Waals surface area contributed by atoms with Crippen molar-refractivity contribution in [3.05, 3.63) is 29.6 Å². The molecule has 0 aromatic carbocycles. The molecule has 2 heterocycles. The van der Waals surface area contributed by atoms with Gasteiger partial charge in [-0.3, -0.25) is 4.98 Å². The molecule has 0 radical (unpaired) electrons. The standard InChI is InChI=1S/C14H20N2/c1-9(2)11-6-13-14(15-7-11)12(10(3)4)8-16(13)5/h6-10H,1-5H3. The van der Waals surface area contributed by atoms with Crippen LogP contribution in [0.4, 0.5) is 0 Å². The molecule has 0 saturated carbocycles. The second kappa shape index (κ2) is 3.93. The third-order valence-corrected chi connectivity index (χ3v) is 3.16. The highest BCUT2D eigenvalue weighted by atomic mass is 14.9. The van der Waals surface area contributed by atoms with Crippen molar-refractivity contribution in [1.29, 1.82) is 0 Å². The van der Waals surface area contributed by atoms with E-state index in [4.69, 9.17) is 0 Å². The summed E-state index contributed by atoms with van der Waals surface area (Å²) in [5, 5.41) is 0. The van der Waals surface area contributed by atoms with Gasteiger partial charge in [0.05, 0.1) is 11.0 Å². The second-order valence-corrected chi connectivity index (χ2v) is 5.14. The monoisotopic (exact) mass is 216 g/mol. The van der Waals surface area contributed by atoms with Crippen LogP contribution in [0.15, 0.2) is 18.5 Å². The zero-order chi connectivity index (χ0) is 11.9. The van der Waals surface area contributed by atoms with Gasteiger partial charge >= 0.3 is 0 Å². The summed E-state index contributed by atoms with van der Waals surface area (Å²) in [6.45, 7) is 8.84. The van der Waals surface area contributed by atoms with Crippen LogP contribution in [-0.2, 0) is 7.05 Å². The van der Waals surface area contributed by atoms with Crippen molar-refractivity contribution in [2.24, 2.45) is 7.05 Å². The van der Waals surface area contributed by atoms with Crippen LogP contribution in [0.5, 0.6) is 0 Å². The fourth-order valence-electron chi connectivity index (χ4n) is 2.04. The molecule has 2 heteroatoms. The van der Waals surface area contributed by atoms with Crippen molar-refractivity contribution < 1.29 is 0 Å². The van der Waals surface area contributed by atoms with Gasteiger partial charge in [-0.2, -0.15) is 0 Å². The quantitative estimate of drug-likeness (QED) is 0.746. The molecule has 0 unspecified atom stereocenters. The summed E-state index contributed by atoms with van der Waals surface area (Å²) in [4.78, 5) is 4.62. The molecule has 0 spiro atoms. The molecule has 0 aliphatic rings. The van der Waals surface area contributed by atoms with E-state index in [2.05, 4.69) is 56.6 Å². The van der Waals surface area contributed by atoms with E-state index in [-0.39, 0.29) is 0 Å². The van der Waals surface area contributed by atoms with Gasteiger partial charge in [0, 0.05) is 19.4 Å². The molecule has 86 valence electrons. The van der Waals surface area contributed by atoms with Crippen molar-refractivity contribution in [2.45, 2.75) is 39.5 Å². The zero-order valence-corrected chi connectivity index (χ0v) is 10.8. The number of nitrogens with zero attached hydrogens (tertiary/aromatic N) is 2. The van der Waals surface area contributed by atoms with Gasteiger partial charge in [0.1, 0.15) is 0 Å². The topological polar surface area (TPSA) is 17.8 Å². The first kappa shape index (κ1) is 11.2. The van der Waals surface area contributed by atoms with E-state index in [1.165, 1.54) is 16.6 Å². The van der Waals surface area contributed by atoms with Gasteiger partial charge in [-0.25, -0.2) is 0 Å². The Bertz CT molecular complexity index is 507. The lowest BCUT2D eigenvalue weighted by Gasteiger charge is -2.06. The summed E-state index contributed by atoms with van der Waals surface area (Å²) in [5.41, 5.74) is 5.05. The van der Waals surface area contributed by atoms with E-state index in [9.17, 15) is 0 Å². The van der Waals surface area contributed by atoms with E-state index in [0.717, 1.165) is 5.52 Å². The van der Waals surface area contributed by atoms with E-state index in [1.807, 2.05) is 6.20 Å². The smallest absolute Gasteiger partial charge is 0.0915 e. The minimum absolute atomic E-state index is 0.529. The Kier molecular flexibility index (Phi) is 2.75. The highest BCUT2D eigenvalue weighted by Gasteiger charge is 2.12. The molecule has 16 heavy (non-hydrogen) atoms. The Morgan fingerprint density at radius 3 is 2.38 bits per heavy atom. The lowest BCUT2D eigenvalue weighted by molar-refractivity contribution is 0.855. The summed E-state index contributed by atoms with van der Waals surface area (Å²) < 4.78 is 2.18. The van der Waals surface area contributed by atoms with Gasteiger partial charge in [0.15, 0.2) is 0 Å².